The lowest BCUT2D eigenvalue weighted by atomic mass is 10.1. The average molecular weight is 128 g/mol. The van der Waals surface area contributed by atoms with E-state index in [0.29, 0.717) is 0 Å². The molecule has 2 nitrogen and oxygen atoms in total. The van der Waals surface area contributed by atoms with E-state index in [9.17, 15) is 0 Å². The summed E-state index contributed by atoms with van der Waals surface area (Å²) >= 11 is 0. The van der Waals surface area contributed by atoms with Crippen LogP contribution in [0.4, 0.5) is 0 Å². The minimum absolute atomic E-state index is 0.833. The highest BCUT2D eigenvalue weighted by molar-refractivity contribution is 4.83. The molecule has 1 saturated heterocycles. The van der Waals surface area contributed by atoms with Crippen molar-refractivity contribution < 1.29 is 0 Å². The molecule has 0 atom stereocenters. The molecule has 0 aliphatic carbocycles. The zero-order valence-corrected chi connectivity index (χ0v) is 6.35. The van der Waals surface area contributed by atoms with Gasteiger partial charge in [0.15, 0.2) is 0 Å². The molecule has 1 fully saturated rings. The molecule has 2 heteroatoms. The highest BCUT2D eigenvalue weighted by Crippen LogP contribution is 2.02. The van der Waals surface area contributed by atoms with Gasteiger partial charge in [0.25, 0.3) is 0 Å². The maximum absolute atomic E-state index is 3.27. The lowest BCUT2D eigenvalue weighted by Gasteiger charge is -2.36. The molecule has 54 valence electrons. The van der Waals surface area contributed by atoms with Gasteiger partial charge in [-0.3, -0.25) is 4.90 Å². The summed E-state index contributed by atoms with van der Waals surface area (Å²) in [5.74, 6) is 0. The Bertz CT molecular complexity index is 75.0. The first-order chi connectivity index (χ1) is 4.38. The quantitative estimate of drug-likeness (QED) is 0.588. The molecule has 0 radical (unpaired) electrons. The van der Waals surface area contributed by atoms with E-state index in [-0.39, 0.29) is 0 Å². The van der Waals surface area contributed by atoms with Crippen LogP contribution in [-0.2, 0) is 0 Å². The molecular weight excluding hydrogens is 112 g/mol. The van der Waals surface area contributed by atoms with Gasteiger partial charge in [-0.1, -0.05) is 13.8 Å². The number of rotatable bonds is 3. The summed E-state index contributed by atoms with van der Waals surface area (Å²) in [6.45, 7) is 9.23. The predicted molar refractivity (Wildman–Crippen MR) is 39.6 cm³/mol. The molecule has 0 aromatic carbocycles. The number of nitrogens with one attached hydrogen (secondary N) is 1. The molecule has 0 unspecified atom stereocenters. The second-order valence-corrected chi connectivity index (χ2v) is 2.53. The first-order valence-corrected chi connectivity index (χ1v) is 3.83. The minimum atomic E-state index is 0.833. The summed E-state index contributed by atoms with van der Waals surface area (Å²) in [5, 5.41) is 3.27. The monoisotopic (exact) mass is 128 g/mol. The van der Waals surface area contributed by atoms with Crippen LogP contribution in [0.25, 0.3) is 0 Å². The van der Waals surface area contributed by atoms with Crippen LogP contribution in [0, 0.1) is 0 Å². The SMILES string of the molecule is CCN(CC)C1CNC1. The third-order valence-corrected chi connectivity index (χ3v) is 2.09. The van der Waals surface area contributed by atoms with Crippen molar-refractivity contribution in [1.82, 2.24) is 10.2 Å². The van der Waals surface area contributed by atoms with E-state index < -0.39 is 0 Å². The molecule has 0 saturated carbocycles. The fourth-order valence-electron chi connectivity index (χ4n) is 1.27. The zero-order valence-electron chi connectivity index (χ0n) is 6.35. The normalized spacial score (nSPS) is 20.3. The number of likely N-dealkylation sites (N-methyl/N-ethyl adjacent to an activating group) is 1. The van der Waals surface area contributed by atoms with Crippen molar-refractivity contribution in [3.8, 4) is 0 Å². The first kappa shape index (κ1) is 7.03. The molecule has 0 aromatic rings. The van der Waals surface area contributed by atoms with Crippen LogP contribution in [0.1, 0.15) is 13.8 Å². The molecule has 0 bridgehead atoms. The van der Waals surface area contributed by atoms with E-state index in [1.54, 1.807) is 0 Å². The smallest absolute Gasteiger partial charge is 0.0345 e. The second kappa shape index (κ2) is 3.18. The van der Waals surface area contributed by atoms with Crippen molar-refractivity contribution in [2.24, 2.45) is 0 Å². The fraction of sp³-hybridized carbons (Fsp3) is 1.00. The predicted octanol–water partition coefficient (Wildman–Crippen LogP) is 0.300. The molecule has 0 amide bonds. The van der Waals surface area contributed by atoms with E-state index in [2.05, 4.69) is 24.1 Å². The molecule has 0 aromatic heterocycles. The van der Waals surface area contributed by atoms with Gasteiger partial charge in [-0.25, -0.2) is 0 Å². The van der Waals surface area contributed by atoms with E-state index in [0.717, 1.165) is 6.04 Å². The Hall–Kier alpha value is -0.0800. The molecule has 1 heterocycles. The van der Waals surface area contributed by atoms with Gasteiger partial charge >= 0.3 is 0 Å². The van der Waals surface area contributed by atoms with Gasteiger partial charge in [0.05, 0.1) is 0 Å². The van der Waals surface area contributed by atoms with E-state index >= 15 is 0 Å². The van der Waals surface area contributed by atoms with Crippen molar-refractivity contribution in [1.29, 1.82) is 0 Å². The van der Waals surface area contributed by atoms with Crippen molar-refractivity contribution >= 4 is 0 Å². The van der Waals surface area contributed by atoms with Gasteiger partial charge in [0.2, 0.25) is 0 Å². The van der Waals surface area contributed by atoms with Gasteiger partial charge in [-0.15, -0.1) is 0 Å². The summed E-state index contributed by atoms with van der Waals surface area (Å²) in [6, 6.07) is 0.833. The maximum Gasteiger partial charge on any atom is 0.0345 e. The van der Waals surface area contributed by atoms with Gasteiger partial charge in [0.1, 0.15) is 0 Å². The van der Waals surface area contributed by atoms with E-state index in [4.69, 9.17) is 0 Å². The number of hydrogen-bond acceptors (Lipinski definition) is 2. The molecule has 1 aliphatic rings. The lowest BCUT2D eigenvalue weighted by molar-refractivity contribution is 0.161. The van der Waals surface area contributed by atoms with Gasteiger partial charge in [0, 0.05) is 19.1 Å². The second-order valence-electron chi connectivity index (χ2n) is 2.53. The van der Waals surface area contributed by atoms with Gasteiger partial charge in [-0.05, 0) is 13.1 Å². The van der Waals surface area contributed by atoms with E-state index in [1.807, 2.05) is 0 Å². The molecule has 1 N–H and O–H groups in total. The minimum Gasteiger partial charge on any atom is -0.314 e. The molecular formula is C7H16N2. The third kappa shape index (κ3) is 1.43. The number of hydrogen-bond donors (Lipinski definition) is 1. The Morgan fingerprint density at radius 3 is 2.00 bits per heavy atom. The standard InChI is InChI=1S/C7H16N2/c1-3-9(4-2)7-5-8-6-7/h7-8H,3-6H2,1-2H3. The summed E-state index contributed by atoms with van der Waals surface area (Å²) in [7, 11) is 0. The first-order valence-electron chi connectivity index (χ1n) is 3.83. The third-order valence-electron chi connectivity index (χ3n) is 2.09. The average Bonchev–Trinajstić information content (AvgIpc) is 1.78. The summed E-state index contributed by atoms with van der Waals surface area (Å²) in [5.41, 5.74) is 0. The summed E-state index contributed by atoms with van der Waals surface area (Å²) in [4.78, 5) is 2.50. The van der Waals surface area contributed by atoms with Gasteiger partial charge in [-0.2, -0.15) is 0 Å². The summed E-state index contributed by atoms with van der Waals surface area (Å²) < 4.78 is 0. The molecule has 0 spiro atoms. The Balaban J connectivity index is 2.19. The Labute approximate surface area is 57.2 Å². The van der Waals surface area contributed by atoms with E-state index in [1.165, 1.54) is 26.2 Å². The Morgan fingerprint density at radius 2 is 1.89 bits per heavy atom. The highest BCUT2D eigenvalue weighted by Gasteiger charge is 2.21. The van der Waals surface area contributed by atoms with Crippen LogP contribution in [0.2, 0.25) is 0 Å². The Morgan fingerprint density at radius 1 is 1.33 bits per heavy atom. The molecule has 1 rings (SSSR count). The van der Waals surface area contributed by atoms with Crippen molar-refractivity contribution in [3.63, 3.8) is 0 Å². The van der Waals surface area contributed by atoms with Crippen LogP contribution in [0.3, 0.4) is 0 Å². The topological polar surface area (TPSA) is 15.3 Å². The van der Waals surface area contributed by atoms with Crippen molar-refractivity contribution in [2.75, 3.05) is 26.2 Å². The van der Waals surface area contributed by atoms with Gasteiger partial charge < -0.3 is 5.32 Å². The largest absolute Gasteiger partial charge is 0.314 e. The summed E-state index contributed by atoms with van der Waals surface area (Å²) in [6.07, 6.45) is 0. The van der Waals surface area contributed by atoms with Crippen molar-refractivity contribution in [3.05, 3.63) is 0 Å². The Kier molecular flexibility index (Phi) is 2.49. The van der Waals surface area contributed by atoms with Crippen LogP contribution in [0.5, 0.6) is 0 Å². The van der Waals surface area contributed by atoms with Crippen LogP contribution < -0.4 is 5.32 Å². The molecule has 1 aliphatic heterocycles. The maximum atomic E-state index is 3.27. The van der Waals surface area contributed by atoms with Crippen molar-refractivity contribution in [2.45, 2.75) is 19.9 Å². The van der Waals surface area contributed by atoms with Crippen LogP contribution in [0.15, 0.2) is 0 Å². The molecule has 9 heavy (non-hydrogen) atoms. The fourth-order valence-corrected chi connectivity index (χ4v) is 1.27. The van der Waals surface area contributed by atoms with Crippen LogP contribution >= 0.6 is 0 Å². The zero-order chi connectivity index (χ0) is 6.69. The highest BCUT2D eigenvalue weighted by atomic mass is 15.2. The number of nitrogens with zero attached hydrogens (tertiary/aromatic N) is 1. The van der Waals surface area contributed by atoms with Crippen LogP contribution in [-0.4, -0.2) is 37.1 Å². The lowest BCUT2D eigenvalue weighted by Crippen LogP contribution is -2.56.